The van der Waals surface area contributed by atoms with Crippen molar-refractivity contribution in [3.63, 3.8) is 0 Å². The molecule has 0 spiro atoms. The fourth-order valence-electron chi connectivity index (χ4n) is 5.34. The van der Waals surface area contributed by atoms with Crippen LogP contribution in [0.5, 0.6) is 0 Å². The minimum atomic E-state index is -5.01. The summed E-state index contributed by atoms with van der Waals surface area (Å²) in [5.74, 6) is -6.90. The van der Waals surface area contributed by atoms with Gasteiger partial charge in [0.15, 0.2) is 11.5 Å². The number of halogens is 7. The van der Waals surface area contributed by atoms with Gasteiger partial charge in [0, 0.05) is 37.7 Å². The van der Waals surface area contributed by atoms with E-state index < -0.39 is 83.7 Å². The second-order valence-electron chi connectivity index (χ2n) is 10.7. The van der Waals surface area contributed by atoms with Crippen LogP contribution in [0.15, 0.2) is 18.6 Å². The molecule has 2 fully saturated rings. The monoisotopic (exact) mass is 610 g/mol. The zero-order chi connectivity index (χ0) is 29.6. The number of carbonyl (C=O) groups excluding carboxylic acids is 2. The number of aromatic nitrogens is 3. The van der Waals surface area contributed by atoms with Gasteiger partial charge in [-0.05, 0) is 38.5 Å². The summed E-state index contributed by atoms with van der Waals surface area (Å²) in [7, 11) is 0. The molecule has 8 nitrogen and oxygen atoms in total. The molecule has 1 unspecified atom stereocenters. The van der Waals surface area contributed by atoms with Gasteiger partial charge in [-0.15, -0.1) is 0 Å². The van der Waals surface area contributed by atoms with Crippen molar-refractivity contribution in [2.45, 2.75) is 76.1 Å². The molecule has 2 aliphatic carbocycles. The van der Waals surface area contributed by atoms with Crippen LogP contribution in [-0.4, -0.2) is 49.5 Å². The number of ketones is 1. The molecule has 0 aliphatic heterocycles. The third kappa shape index (κ3) is 6.09. The van der Waals surface area contributed by atoms with Crippen molar-refractivity contribution < 1.29 is 41.4 Å². The zero-order valence-electron chi connectivity index (χ0n) is 21.1. The number of carboxylic acids is 1. The second-order valence-corrected chi connectivity index (χ2v) is 11.5. The molecule has 4 rings (SSSR count). The average Bonchev–Trinajstić information content (AvgIpc) is 3.28. The van der Waals surface area contributed by atoms with Crippen molar-refractivity contribution in [1.82, 2.24) is 20.1 Å². The third-order valence-corrected chi connectivity index (χ3v) is 8.35. The van der Waals surface area contributed by atoms with Crippen LogP contribution in [0.25, 0.3) is 0 Å². The van der Waals surface area contributed by atoms with Crippen LogP contribution in [0, 0.1) is 11.3 Å². The van der Waals surface area contributed by atoms with Crippen molar-refractivity contribution in [2.75, 3.05) is 0 Å². The second kappa shape index (κ2) is 10.9. The lowest BCUT2D eigenvalue weighted by Crippen LogP contribution is -2.50. The van der Waals surface area contributed by atoms with Crippen LogP contribution in [0.4, 0.5) is 22.0 Å². The smallest absolute Gasteiger partial charge is 0.433 e. The number of carboxylic acid groups (broad SMARTS) is 1. The first-order valence-electron chi connectivity index (χ1n) is 12.4. The molecule has 15 heteroatoms. The van der Waals surface area contributed by atoms with Gasteiger partial charge in [0.1, 0.15) is 0 Å². The quantitative estimate of drug-likeness (QED) is 0.271. The lowest BCUT2D eigenvalue weighted by Gasteiger charge is -2.40. The van der Waals surface area contributed by atoms with Gasteiger partial charge in [0.2, 0.25) is 5.92 Å². The number of Topliss-reactive ketones (excluding diaryl/α,β-unsaturated/α-hetero) is 1. The normalized spacial score (nSPS) is 23.8. The highest BCUT2D eigenvalue weighted by molar-refractivity contribution is 6.39. The number of amides is 1. The van der Waals surface area contributed by atoms with E-state index in [0.717, 1.165) is 18.6 Å². The number of nitrogens with zero attached hydrogens (tertiary/aromatic N) is 3. The first-order valence-corrected chi connectivity index (χ1v) is 13.2. The zero-order valence-corrected chi connectivity index (χ0v) is 22.6. The van der Waals surface area contributed by atoms with Gasteiger partial charge in [-0.3, -0.25) is 24.0 Å². The molecular formula is C25H25Cl2F5N4O4. The summed E-state index contributed by atoms with van der Waals surface area (Å²) < 4.78 is 70.7. The van der Waals surface area contributed by atoms with Crippen LogP contribution in [-0.2, 0) is 11.0 Å². The summed E-state index contributed by atoms with van der Waals surface area (Å²) in [6.45, 7) is 1.52. The van der Waals surface area contributed by atoms with Gasteiger partial charge in [0.25, 0.3) is 5.91 Å². The lowest BCUT2D eigenvalue weighted by molar-refractivity contribution is -0.152. The number of nitrogens with one attached hydrogen (secondary N) is 1. The van der Waals surface area contributed by atoms with E-state index in [-0.39, 0.29) is 41.3 Å². The fourth-order valence-corrected chi connectivity index (χ4v) is 5.91. The van der Waals surface area contributed by atoms with Crippen molar-refractivity contribution in [3.8, 4) is 0 Å². The van der Waals surface area contributed by atoms with E-state index in [1.54, 1.807) is 0 Å². The average molecular weight is 611 g/mol. The molecule has 2 N–H and O–H groups in total. The lowest BCUT2D eigenvalue weighted by atomic mass is 9.74. The molecule has 2 saturated carbocycles. The molecule has 0 saturated heterocycles. The van der Waals surface area contributed by atoms with Crippen molar-refractivity contribution in [3.05, 3.63) is 45.5 Å². The molecule has 1 atom stereocenters. The highest BCUT2D eigenvalue weighted by Crippen LogP contribution is 2.46. The summed E-state index contributed by atoms with van der Waals surface area (Å²) >= 11 is 12.0. The first kappa shape index (κ1) is 30.2. The molecule has 2 heterocycles. The minimum Gasteiger partial charge on any atom is -0.481 e. The van der Waals surface area contributed by atoms with Gasteiger partial charge in [-0.25, -0.2) is 8.78 Å². The molecule has 0 aromatic carbocycles. The Labute approximate surface area is 235 Å². The van der Waals surface area contributed by atoms with E-state index in [0.29, 0.717) is 4.68 Å². The third-order valence-electron chi connectivity index (χ3n) is 7.77. The SMILES string of the molecule is CC1(C(=O)O)CCC(n2ncc(C(=O)NC(CC(=O)c3c(Cl)cncc3Cl)C3CC(F)(F)C3)c2C(F)(F)F)CC1. The van der Waals surface area contributed by atoms with Crippen LogP contribution in [0.3, 0.4) is 0 Å². The van der Waals surface area contributed by atoms with E-state index in [2.05, 4.69) is 15.4 Å². The van der Waals surface area contributed by atoms with Crippen molar-refractivity contribution in [1.29, 1.82) is 0 Å². The van der Waals surface area contributed by atoms with Crippen LogP contribution >= 0.6 is 23.2 Å². The summed E-state index contributed by atoms with van der Waals surface area (Å²) in [5, 5.41) is 15.4. The Morgan fingerprint density at radius 3 is 2.20 bits per heavy atom. The van der Waals surface area contributed by atoms with Crippen molar-refractivity contribution >= 4 is 40.9 Å². The highest BCUT2D eigenvalue weighted by Gasteiger charge is 2.50. The van der Waals surface area contributed by atoms with Gasteiger partial charge in [-0.1, -0.05) is 23.2 Å². The molecule has 0 radical (unpaired) electrons. The number of hydrogen-bond acceptors (Lipinski definition) is 5. The van der Waals surface area contributed by atoms with Gasteiger partial charge >= 0.3 is 12.1 Å². The van der Waals surface area contributed by atoms with Gasteiger partial charge in [0.05, 0.1) is 38.8 Å². The number of aliphatic carboxylic acids is 1. The van der Waals surface area contributed by atoms with E-state index in [1.165, 1.54) is 6.92 Å². The molecule has 2 aromatic rings. The van der Waals surface area contributed by atoms with Crippen LogP contribution < -0.4 is 5.32 Å². The Kier molecular flexibility index (Phi) is 8.21. The number of carbonyl (C=O) groups is 3. The number of pyridine rings is 1. The van der Waals surface area contributed by atoms with E-state index in [1.807, 2.05) is 0 Å². The Morgan fingerprint density at radius 1 is 1.12 bits per heavy atom. The summed E-state index contributed by atoms with van der Waals surface area (Å²) in [6, 6.07) is -2.04. The maximum Gasteiger partial charge on any atom is 0.433 e. The predicted octanol–water partition coefficient (Wildman–Crippen LogP) is 6.23. The maximum absolute atomic E-state index is 14.2. The molecular weight excluding hydrogens is 586 g/mol. The molecule has 2 aliphatic rings. The number of alkyl halides is 5. The Morgan fingerprint density at radius 2 is 1.70 bits per heavy atom. The van der Waals surface area contributed by atoms with Gasteiger partial charge in [-0.2, -0.15) is 18.3 Å². The Balaban J connectivity index is 1.59. The molecule has 40 heavy (non-hydrogen) atoms. The van der Waals surface area contributed by atoms with E-state index in [9.17, 15) is 41.4 Å². The first-order chi connectivity index (χ1) is 18.5. The topological polar surface area (TPSA) is 114 Å². The summed E-state index contributed by atoms with van der Waals surface area (Å²) in [5.41, 5.74) is -3.38. The Bertz CT molecular complexity index is 1300. The van der Waals surface area contributed by atoms with Gasteiger partial charge < -0.3 is 10.4 Å². The largest absolute Gasteiger partial charge is 0.481 e. The van der Waals surface area contributed by atoms with E-state index in [4.69, 9.17) is 23.2 Å². The van der Waals surface area contributed by atoms with Crippen LogP contribution in [0.2, 0.25) is 10.0 Å². The standard InChI is InChI=1S/C25H25Cl2F5N4O4/c1-23(22(39)40)4-2-13(3-5-23)36-20(25(30,31)32)14(9-34-36)21(38)35-17(12-7-24(28,29)8-12)6-18(37)19-15(26)10-33-11-16(19)27/h9-13,17H,2-8H2,1H3,(H,35,38)(H,39,40). The summed E-state index contributed by atoms with van der Waals surface area (Å²) in [4.78, 5) is 41.4. The number of rotatable bonds is 8. The highest BCUT2D eigenvalue weighted by atomic mass is 35.5. The molecule has 218 valence electrons. The Hall–Kier alpha value is -2.80. The van der Waals surface area contributed by atoms with E-state index >= 15 is 0 Å². The fraction of sp³-hybridized carbons (Fsp3) is 0.560. The number of hydrogen-bond donors (Lipinski definition) is 2. The summed E-state index contributed by atoms with van der Waals surface area (Å²) in [6.07, 6.45) is -3.41. The van der Waals surface area contributed by atoms with Crippen LogP contribution in [0.1, 0.15) is 84.3 Å². The molecule has 0 bridgehead atoms. The minimum absolute atomic E-state index is 0.0936. The maximum atomic E-state index is 14.2. The predicted molar refractivity (Wildman–Crippen MR) is 133 cm³/mol. The molecule has 2 aromatic heterocycles. The van der Waals surface area contributed by atoms with Crippen molar-refractivity contribution in [2.24, 2.45) is 11.3 Å². The molecule has 1 amide bonds.